The van der Waals surface area contributed by atoms with Crippen molar-refractivity contribution in [2.45, 2.75) is 37.8 Å². The number of carbonyl (C=O) groups is 2. The van der Waals surface area contributed by atoms with Crippen molar-refractivity contribution in [1.29, 1.82) is 0 Å². The van der Waals surface area contributed by atoms with Crippen molar-refractivity contribution in [3.8, 4) is 11.3 Å². The number of amides is 2. The fourth-order valence-electron chi connectivity index (χ4n) is 4.28. The summed E-state index contributed by atoms with van der Waals surface area (Å²) in [6.07, 6.45) is 6.81. The van der Waals surface area contributed by atoms with E-state index >= 15 is 0 Å². The summed E-state index contributed by atoms with van der Waals surface area (Å²) in [5.74, 6) is 0.278. The fourth-order valence-corrected chi connectivity index (χ4v) is 4.28. The molecule has 5 rings (SSSR count). The highest BCUT2D eigenvalue weighted by Gasteiger charge is 2.58. The van der Waals surface area contributed by atoms with Crippen LogP contribution in [0.3, 0.4) is 0 Å². The van der Waals surface area contributed by atoms with Crippen LogP contribution in [0.2, 0.25) is 0 Å². The van der Waals surface area contributed by atoms with Crippen molar-refractivity contribution in [1.82, 2.24) is 20.2 Å². The molecular formula is C22H24N4O3. The number of hydrogen-bond donors (Lipinski definition) is 1. The van der Waals surface area contributed by atoms with Gasteiger partial charge < -0.3 is 15.0 Å². The van der Waals surface area contributed by atoms with Gasteiger partial charge in [0.05, 0.1) is 5.69 Å². The minimum absolute atomic E-state index is 0.0300. The van der Waals surface area contributed by atoms with Crippen LogP contribution in [0.4, 0.5) is 0 Å². The second-order valence-corrected chi connectivity index (χ2v) is 8.13. The van der Waals surface area contributed by atoms with Gasteiger partial charge in [-0.3, -0.25) is 14.6 Å². The molecule has 7 heteroatoms. The van der Waals surface area contributed by atoms with Crippen molar-refractivity contribution in [2.75, 3.05) is 19.8 Å². The lowest BCUT2D eigenvalue weighted by Gasteiger charge is -2.28. The third-order valence-corrected chi connectivity index (χ3v) is 6.27. The van der Waals surface area contributed by atoms with E-state index in [2.05, 4.69) is 15.3 Å². The van der Waals surface area contributed by atoms with Crippen LogP contribution in [0.25, 0.3) is 11.3 Å². The van der Waals surface area contributed by atoms with Gasteiger partial charge in [-0.15, -0.1) is 0 Å². The molecule has 2 amide bonds. The maximum absolute atomic E-state index is 13.1. The highest BCUT2D eigenvalue weighted by Crippen LogP contribution is 2.46. The van der Waals surface area contributed by atoms with Gasteiger partial charge >= 0.3 is 0 Å². The van der Waals surface area contributed by atoms with Crippen LogP contribution in [0.15, 0.2) is 36.7 Å². The van der Waals surface area contributed by atoms with E-state index in [9.17, 15) is 9.59 Å². The van der Waals surface area contributed by atoms with E-state index in [0.717, 1.165) is 42.9 Å². The molecule has 7 nitrogen and oxygen atoms in total. The molecule has 0 unspecified atom stereocenters. The maximum atomic E-state index is 13.1. The lowest BCUT2D eigenvalue weighted by molar-refractivity contribution is -0.127. The number of ether oxygens (including phenoxy) is 1. The first-order valence-corrected chi connectivity index (χ1v) is 10.3. The zero-order valence-electron chi connectivity index (χ0n) is 16.3. The highest BCUT2D eigenvalue weighted by molar-refractivity contribution is 6.02. The lowest BCUT2D eigenvalue weighted by atomic mass is 10.0. The molecule has 1 saturated heterocycles. The predicted octanol–water partition coefficient (Wildman–Crippen LogP) is 2.17. The van der Waals surface area contributed by atoms with Crippen molar-refractivity contribution in [3.63, 3.8) is 0 Å². The molecular weight excluding hydrogens is 368 g/mol. The van der Waals surface area contributed by atoms with Crippen molar-refractivity contribution < 1.29 is 14.3 Å². The van der Waals surface area contributed by atoms with Gasteiger partial charge in [0, 0.05) is 49.8 Å². The van der Waals surface area contributed by atoms with Gasteiger partial charge in [0.15, 0.2) is 0 Å². The quantitative estimate of drug-likeness (QED) is 0.843. The van der Waals surface area contributed by atoms with Gasteiger partial charge in [-0.1, -0.05) is 6.07 Å². The van der Waals surface area contributed by atoms with Crippen molar-refractivity contribution >= 4 is 11.8 Å². The Kier molecular flexibility index (Phi) is 4.54. The summed E-state index contributed by atoms with van der Waals surface area (Å²) >= 11 is 0. The van der Waals surface area contributed by atoms with Crippen molar-refractivity contribution in [3.05, 3.63) is 47.9 Å². The molecule has 4 heterocycles. The normalized spacial score (nSPS) is 20.4. The van der Waals surface area contributed by atoms with E-state index in [4.69, 9.17) is 4.74 Å². The van der Waals surface area contributed by atoms with Gasteiger partial charge in [0.1, 0.15) is 11.2 Å². The van der Waals surface area contributed by atoms with Crippen LogP contribution in [0.1, 0.15) is 41.7 Å². The van der Waals surface area contributed by atoms with Crippen LogP contribution in [0.5, 0.6) is 0 Å². The molecule has 0 radical (unpaired) electrons. The van der Waals surface area contributed by atoms with E-state index in [-0.39, 0.29) is 11.8 Å². The number of pyridine rings is 2. The summed E-state index contributed by atoms with van der Waals surface area (Å²) in [5.41, 5.74) is 2.22. The number of nitrogens with one attached hydrogen (secondary N) is 1. The SMILES string of the molecule is O=C1c2nc(-c3cccnc3)ccc2CN1C1(C(=O)NCC2CCOCC2)CC1. The Morgan fingerprint density at radius 3 is 2.79 bits per heavy atom. The van der Waals surface area contributed by atoms with E-state index in [1.807, 2.05) is 24.3 Å². The molecule has 1 N–H and O–H groups in total. The smallest absolute Gasteiger partial charge is 0.274 e. The van der Waals surface area contributed by atoms with Gasteiger partial charge in [0.25, 0.3) is 5.91 Å². The molecule has 3 aliphatic rings. The summed E-state index contributed by atoms with van der Waals surface area (Å²) in [4.78, 5) is 36.5. The number of hydrogen-bond acceptors (Lipinski definition) is 5. The molecule has 29 heavy (non-hydrogen) atoms. The molecule has 0 atom stereocenters. The molecule has 0 aromatic carbocycles. The molecule has 1 saturated carbocycles. The Bertz CT molecular complexity index is 936. The van der Waals surface area contributed by atoms with E-state index in [1.54, 1.807) is 17.3 Å². The number of nitrogens with zero attached hydrogens (tertiary/aromatic N) is 3. The average molecular weight is 392 g/mol. The molecule has 150 valence electrons. The summed E-state index contributed by atoms with van der Waals surface area (Å²) in [7, 11) is 0. The number of aromatic nitrogens is 2. The van der Waals surface area contributed by atoms with Crippen LogP contribution < -0.4 is 5.32 Å². The first-order chi connectivity index (χ1) is 14.2. The van der Waals surface area contributed by atoms with Crippen LogP contribution >= 0.6 is 0 Å². The molecule has 1 aliphatic carbocycles. The molecule has 2 aromatic rings. The predicted molar refractivity (Wildman–Crippen MR) is 106 cm³/mol. The maximum Gasteiger partial charge on any atom is 0.274 e. The Hall–Kier alpha value is -2.80. The molecule has 0 spiro atoms. The first kappa shape index (κ1) is 18.2. The van der Waals surface area contributed by atoms with Gasteiger partial charge in [0.2, 0.25) is 5.91 Å². The third kappa shape index (κ3) is 3.29. The third-order valence-electron chi connectivity index (χ3n) is 6.27. The zero-order valence-corrected chi connectivity index (χ0v) is 16.3. The van der Waals surface area contributed by atoms with Crippen LogP contribution in [-0.4, -0.2) is 52.0 Å². The molecule has 2 fully saturated rings. The van der Waals surface area contributed by atoms with Gasteiger partial charge in [-0.25, -0.2) is 4.98 Å². The summed E-state index contributed by atoms with van der Waals surface area (Å²) in [5, 5.41) is 3.10. The summed E-state index contributed by atoms with van der Waals surface area (Å²) in [6.45, 7) is 2.62. The number of fused-ring (bicyclic) bond motifs is 1. The Morgan fingerprint density at radius 2 is 2.07 bits per heavy atom. The molecule has 2 aliphatic heterocycles. The monoisotopic (exact) mass is 392 g/mol. The van der Waals surface area contributed by atoms with E-state index in [0.29, 0.717) is 37.5 Å². The average Bonchev–Trinajstić information content (AvgIpc) is 3.52. The minimum Gasteiger partial charge on any atom is -0.381 e. The first-order valence-electron chi connectivity index (χ1n) is 10.3. The van der Waals surface area contributed by atoms with E-state index < -0.39 is 5.54 Å². The Labute approximate surface area is 169 Å². The highest BCUT2D eigenvalue weighted by atomic mass is 16.5. The Morgan fingerprint density at radius 1 is 1.24 bits per heavy atom. The topological polar surface area (TPSA) is 84.4 Å². The standard InChI is InChI=1S/C22H24N4O3/c27-20-19-17(3-4-18(25-19)16-2-1-9-23-13-16)14-26(20)22(7-8-22)21(28)24-12-15-5-10-29-11-6-15/h1-4,9,13,15H,5-8,10-12,14H2,(H,24,28). The zero-order chi connectivity index (χ0) is 19.8. The lowest BCUT2D eigenvalue weighted by Crippen LogP contribution is -2.50. The van der Waals surface area contributed by atoms with Crippen molar-refractivity contribution in [2.24, 2.45) is 5.92 Å². The van der Waals surface area contributed by atoms with Crippen LogP contribution in [-0.2, 0) is 16.1 Å². The number of carbonyl (C=O) groups excluding carboxylic acids is 2. The van der Waals surface area contributed by atoms with Gasteiger partial charge in [-0.2, -0.15) is 0 Å². The largest absolute Gasteiger partial charge is 0.381 e. The van der Waals surface area contributed by atoms with Gasteiger partial charge in [-0.05, 0) is 49.8 Å². The van der Waals surface area contributed by atoms with E-state index in [1.165, 1.54) is 0 Å². The summed E-state index contributed by atoms with van der Waals surface area (Å²) < 4.78 is 5.38. The minimum atomic E-state index is -0.711. The van der Waals surface area contributed by atoms with Crippen LogP contribution in [0, 0.1) is 5.92 Å². The number of rotatable bonds is 5. The second kappa shape index (κ2) is 7.22. The Balaban J connectivity index is 1.31. The molecule has 2 aromatic heterocycles. The molecule has 0 bridgehead atoms. The summed E-state index contributed by atoms with van der Waals surface area (Å²) in [6, 6.07) is 7.63. The second-order valence-electron chi connectivity index (χ2n) is 8.13. The fraction of sp³-hybridized carbons (Fsp3) is 0.455.